The van der Waals surface area contributed by atoms with Gasteiger partial charge in [0.25, 0.3) is 0 Å². The number of hydrogen-bond donors (Lipinski definition) is 2. The van der Waals surface area contributed by atoms with Crippen LogP contribution in [-0.4, -0.2) is 31.5 Å². The summed E-state index contributed by atoms with van der Waals surface area (Å²) in [4.78, 5) is 0. The number of benzene rings is 1. The van der Waals surface area contributed by atoms with E-state index in [0.29, 0.717) is 17.1 Å². The summed E-state index contributed by atoms with van der Waals surface area (Å²) >= 11 is 0. The second kappa shape index (κ2) is 7.09. The molecule has 5 heteroatoms. The van der Waals surface area contributed by atoms with Crippen molar-refractivity contribution in [3.8, 4) is 11.5 Å². The molecular weight excluding hydrogens is 273 g/mol. The number of aliphatic hydroxyl groups is 1. The maximum atomic E-state index is 14.2. The molecule has 0 bridgehead atoms. The molecule has 2 N–H and O–H groups in total. The molecule has 1 saturated carbocycles. The normalized spacial score (nSPS) is 23.7. The van der Waals surface area contributed by atoms with Crippen LogP contribution in [0.4, 0.5) is 4.39 Å². The molecule has 0 saturated heterocycles. The predicted octanol–water partition coefficient (Wildman–Crippen LogP) is 2.80. The molecule has 1 aliphatic rings. The number of halogens is 1. The van der Waals surface area contributed by atoms with Gasteiger partial charge in [0.05, 0.1) is 20.3 Å². The molecule has 0 radical (unpaired) electrons. The maximum absolute atomic E-state index is 14.2. The average Bonchev–Trinajstić information content (AvgIpc) is 2.49. The topological polar surface area (TPSA) is 50.7 Å². The molecule has 21 heavy (non-hydrogen) atoms. The van der Waals surface area contributed by atoms with E-state index in [9.17, 15) is 9.50 Å². The van der Waals surface area contributed by atoms with Crippen molar-refractivity contribution in [1.82, 2.24) is 5.32 Å². The Kier molecular flexibility index (Phi) is 5.42. The van der Waals surface area contributed by atoms with E-state index in [1.807, 2.05) is 6.92 Å². The zero-order chi connectivity index (χ0) is 15.4. The number of hydrogen-bond acceptors (Lipinski definition) is 4. The van der Waals surface area contributed by atoms with Crippen molar-refractivity contribution in [1.29, 1.82) is 0 Å². The maximum Gasteiger partial charge on any atom is 0.163 e. The molecular formula is C16H24FNO3. The van der Waals surface area contributed by atoms with Gasteiger partial charge in [-0.05, 0) is 25.8 Å². The van der Waals surface area contributed by atoms with Gasteiger partial charge in [-0.15, -0.1) is 0 Å². The zero-order valence-electron chi connectivity index (χ0n) is 12.9. The van der Waals surface area contributed by atoms with Crippen LogP contribution in [0.5, 0.6) is 11.5 Å². The molecule has 1 aromatic carbocycles. The standard InChI is InChI=1S/C16H24FNO3/c1-10(18-13-6-4-5-7-14(13)19)11-8-15(20-2)16(21-3)9-12(11)17/h8-10,13-14,18-19H,4-7H2,1-3H3. The first-order valence-electron chi connectivity index (χ1n) is 7.42. The minimum absolute atomic E-state index is 0.0150. The smallest absolute Gasteiger partial charge is 0.163 e. The summed E-state index contributed by atoms with van der Waals surface area (Å²) in [5.41, 5.74) is 0.519. The van der Waals surface area contributed by atoms with Gasteiger partial charge in [0, 0.05) is 23.7 Å². The number of aliphatic hydroxyl groups excluding tert-OH is 1. The Hall–Kier alpha value is -1.33. The van der Waals surface area contributed by atoms with Gasteiger partial charge in [0.2, 0.25) is 0 Å². The fraction of sp³-hybridized carbons (Fsp3) is 0.625. The number of rotatable bonds is 5. The van der Waals surface area contributed by atoms with Crippen LogP contribution in [0, 0.1) is 5.82 Å². The molecule has 0 heterocycles. The van der Waals surface area contributed by atoms with Gasteiger partial charge in [-0.25, -0.2) is 4.39 Å². The van der Waals surface area contributed by atoms with E-state index in [1.165, 1.54) is 20.3 Å². The van der Waals surface area contributed by atoms with Crippen LogP contribution in [0.2, 0.25) is 0 Å². The highest BCUT2D eigenvalue weighted by atomic mass is 19.1. The lowest BCUT2D eigenvalue weighted by Crippen LogP contribution is -2.43. The van der Waals surface area contributed by atoms with Crippen LogP contribution in [-0.2, 0) is 0 Å². The summed E-state index contributed by atoms with van der Waals surface area (Å²) in [6.45, 7) is 1.89. The minimum atomic E-state index is -0.357. The Balaban J connectivity index is 2.16. The Bertz CT molecular complexity index is 481. The van der Waals surface area contributed by atoms with Crippen LogP contribution < -0.4 is 14.8 Å². The van der Waals surface area contributed by atoms with Gasteiger partial charge in [-0.2, -0.15) is 0 Å². The highest BCUT2D eigenvalue weighted by molar-refractivity contribution is 5.44. The van der Waals surface area contributed by atoms with Gasteiger partial charge < -0.3 is 19.9 Å². The summed E-state index contributed by atoms with van der Waals surface area (Å²) in [6, 6.07) is 2.80. The average molecular weight is 297 g/mol. The Morgan fingerprint density at radius 3 is 2.43 bits per heavy atom. The Morgan fingerprint density at radius 1 is 1.19 bits per heavy atom. The predicted molar refractivity (Wildman–Crippen MR) is 79.3 cm³/mol. The lowest BCUT2D eigenvalue weighted by Gasteiger charge is -2.31. The third-order valence-electron chi connectivity index (χ3n) is 4.16. The van der Waals surface area contributed by atoms with E-state index >= 15 is 0 Å². The van der Waals surface area contributed by atoms with Crippen molar-refractivity contribution in [3.63, 3.8) is 0 Å². The van der Waals surface area contributed by atoms with E-state index < -0.39 is 0 Å². The van der Waals surface area contributed by atoms with Crippen LogP contribution in [0.15, 0.2) is 12.1 Å². The molecule has 0 amide bonds. The van der Waals surface area contributed by atoms with Crippen LogP contribution in [0.1, 0.15) is 44.2 Å². The third-order valence-corrected chi connectivity index (χ3v) is 4.16. The number of nitrogens with one attached hydrogen (secondary N) is 1. The van der Waals surface area contributed by atoms with Crippen LogP contribution >= 0.6 is 0 Å². The summed E-state index contributed by atoms with van der Waals surface area (Å²) in [5.74, 6) is 0.549. The third kappa shape index (κ3) is 3.66. The molecule has 3 unspecified atom stereocenters. The molecule has 0 spiro atoms. The summed E-state index contributed by atoms with van der Waals surface area (Å²) < 4.78 is 24.5. The molecule has 1 aliphatic carbocycles. The first-order chi connectivity index (χ1) is 10.1. The van der Waals surface area contributed by atoms with E-state index in [2.05, 4.69) is 5.32 Å². The Labute approximate surface area is 125 Å². The van der Waals surface area contributed by atoms with Gasteiger partial charge in [0.1, 0.15) is 5.82 Å². The van der Waals surface area contributed by atoms with Crippen molar-refractivity contribution in [2.75, 3.05) is 14.2 Å². The summed E-state index contributed by atoms with van der Waals surface area (Å²) in [6.07, 6.45) is 3.51. The van der Waals surface area contributed by atoms with Gasteiger partial charge in [0.15, 0.2) is 11.5 Å². The first kappa shape index (κ1) is 16.0. The minimum Gasteiger partial charge on any atom is -0.493 e. The van der Waals surface area contributed by atoms with Crippen LogP contribution in [0.3, 0.4) is 0 Å². The molecule has 0 aromatic heterocycles. The highest BCUT2D eigenvalue weighted by Crippen LogP contribution is 2.33. The molecule has 4 nitrogen and oxygen atoms in total. The van der Waals surface area contributed by atoms with Gasteiger partial charge in [-0.1, -0.05) is 12.8 Å². The lowest BCUT2D eigenvalue weighted by molar-refractivity contribution is 0.0857. The van der Waals surface area contributed by atoms with E-state index in [-0.39, 0.29) is 24.0 Å². The molecule has 1 aromatic rings. The van der Waals surface area contributed by atoms with Crippen molar-refractivity contribution in [2.45, 2.75) is 50.8 Å². The number of ether oxygens (including phenoxy) is 2. The molecule has 2 rings (SSSR count). The van der Waals surface area contributed by atoms with Gasteiger partial charge >= 0.3 is 0 Å². The monoisotopic (exact) mass is 297 g/mol. The SMILES string of the molecule is COc1cc(F)c(C(C)NC2CCCCC2O)cc1OC. The van der Waals surface area contributed by atoms with Crippen molar-refractivity contribution in [3.05, 3.63) is 23.5 Å². The largest absolute Gasteiger partial charge is 0.493 e. The Morgan fingerprint density at radius 2 is 1.81 bits per heavy atom. The number of methoxy groups -OCH3 is 2. The molecule has 0 aliphatic heterocycles. The quantitative estimate of drug-likeness (QED) is 0.877. The second-order valence-electron chi connectivity index (χ2n) is 5.58. The highest BCUT2D eigenvalue weighted by Gasteiger charge is 2.26. The van der Waals surface area contributed by atoms with Crippen molar-refractivity contribution >= 4 is 0 Å². The van der Waals surface area contributed by atoms with Gasteiger partial charge in [-0.3, -0.25) is 0 Å². The van der Waals surface area contributed by atoms with Crippen molar-refractivity contribution in [2.24, 2.45) is 0 Å². The van der Waals surface area contributed by atoms with Crippen molar-refractivity contribution < 1.29 is 19.0 Å². The van der Waals surface area contributed by atoms with E-state index in [0.717, 1.165) is 25.7 Å². The van der Waals surface area contributed by atoms with E-state index in [4.69, 9.17) is 9.47 Å². The summed E-state index contributed by atoms with van der Waals surface area (Å²) in [7, 11) is 3.01. The molecule has 3 atom stereocenters. The molecule has 1 fully saturated rings. The molecule has 118 valence electrons. The zero-order valence-corrected chi connectivity index (χ0v) is 12.9. The lowest BCUT2D eigenvalue weighted by atomic mass is 9.91. The fourth-order valence-electron chi connectivity index (χ4n) is 2.92. The fourth-order valence-corrected chi connectivity index (χ4v) is 2.92. The summed E-state index contributed by atoms with van der Waals surface area (Å²) in [5, 5.41) is 13.3. The van der Waals surface area contributed by atoms with E-state index in [1.54, 1.807) is 6.07 Å². The first-order valence-corrected chi connectivity index (χ1v) is 7.42. The second-order valence-corrected chi connectivity index (χ2v) is 5.58. The van der Waals surface area contributed by atoms with Crippen LogP contribution in [0.25, 0.3) is 0 Å².